The minimum Gasteiger partial charge on any atom is -0.389 e. The van der Waals surface area contributed by atoms with Crippen LogP contribution in [-0.4, -0.2) is 21.2 Å². The Balaban J connectivity index is 1.79. The Morgan fingerprint density at radius 3 is 2.50 bits per heavy atom. The predicted octanol–water partition coefficient (Wildman–Crippen LogP) is 3.30. The molecule has 0 aromatic heterocycles. The molecule has 0 amide bonds. The summed E-state index contributed by atoms with van der Waals surface area (Å²) >= 11 is 1.96. The van der Waals surface area contributed by atoms with Crippen LogP contribution in [0.3, 0.4) is 0 Å². The van der Waals surface area contributed by atoms with Crippen molar-refractivity contribution in [3.8, 4) is 0 Å². The number of thioether (sulfide) groups is 1. The summed E-state index contributed by atoms with van der Waals surface area (Å²) in [5.74, 6) is -1.11. The van der Waals surface area contributed by atoms with E-state index in [1.54, 1.807) is 0 Å². The zero-order valence-electron chi connectivity index (χ0n) is 10.0. The number of hydrogen-bond donors (Lipinski definition) is 1. The molecule has 3 rings (SSSR count). The summed E-state index contributed by atoms with van der Waals surface area (Å²) in [5, 5.41) is 11.6. The highest BCUT2D eigenvalue weighted by molar-refractivity contribution is 8.00. The van der Waals surface area contributed by atoms with Crippen LogP contribution in [0.15, 0.2) is 18.2 Å². The zero-order chi connectivity index (χ0) is 12.8. The molecular weight excluding hydrogens is 254 g/mol. The van der Waals surface area contributed by atoms with Gasteiger partial charge in [-0.15, -0.1) is 0 Å². The molecule has 2 bridgehead atoms. The smallest absolute Gasteiger partial charge is 0.129 e. The average Bonchev–Trinajstić information content (AvgIpc) is 2.63. The Bertz CT molecular complexity index is 451. The van der Waals surface area contributed by atoms with E-state index in [1.807, 2.05) is 11.8 Å². The van der Waals surface area contributed by atoms with E-state index in [9.17, 15) is 13.9 Å². The van der Waals surface area contributed by atoms with Crippen molar-refractivity contribution < 1.29 is 13.9 Å². The second kappa shape index (κ2) is 4.49. The van der Waals surface area contributed by atoms with Crippen molar-refractivity contribution in [2.45, 2.75) is 48.2 Å². The molecule has 0 radical (unpaired) electrons. The van der Waals surface area contributed by atoms with Gasteiger partial charge in [0.05, 0.1) is 5.60 Å². The molecule has 2 unspecified atom stereocenters. The van der Waals surface area contributed by atoms with E-state index in [2.05, 4.69) is 0 Å². The third-order valence-electron chi connectivity index (χ3n) is 3.95. The third kappa shape index (κ3) is 2.41. The topological polar surface area (TPSA) is 20.2 Å². The van der Waals surface area contributed by atoms with Crippen LogP contribution in [0.4, 0.5) is 8.78 Å². The number of fused-ring (bicyclic) bond motifs is 2. The molecule has 0 aliphatic carbocycles. The van der Waals surface area contributed by atoms with E-state index in [-0.39, 0.29) is 0 Å². The highest BCUT2D eigenvalue weighted by Gasteiger charge is 2.43. The van der Waals surface area contributed by atoms with Crippen LogP contribution in [-0.2, 0) is 6.42 Å². The molecule has 1 aromatic rings. The van der Waals surface area contributed by atoms with Gasteiger partial charge in [0.25, 0.3) is 0 Å². The molecule has 98 valence electrons. The van der Waals surface area contributed by atoms with Crippen LogP contribution in [0.1, 0.15) is 31.2 Å². The standard InChI is InChI=1S/C14H16F2OS/c15-10-2-1-9(13(16)5-10)6-14(17)7-11-3-4-12(8-14)18-11/h1-2,5,11-12,17H,3-4,6-8H2. The number of rotatable bonds is 2. The first-order valence-electron chi connectivity index (χ1n) is 6.36. The summed E-state index contributed by atoms with van der Waals surface area (Å²) in [4.78, 5) is 0. The van der Waals surface area contributed by atoms with Gasteiger partial charge in [0.2, 0.25) is 0 Å². The van der Waals surface area contributed by atoms with Crippen molar-refractivity contribution in [3.63, 3.8) is 0 Å². The van der Waals surface area contributed by atoms with E-state index in [0.29, 0.717) is 22.5 Å². The maximum atomic E-state index is 13.6. The maximum absolute atomic E-state index is 13.6. The quantitative estimate of drug-likeness (QED) is 0.890. The summed E-state index contributed by atoms with van der Waals surface area (Å²) in [6, 6.07) is 3.60. The van der Waals surface area contributed by atoms with Crippen molar-refractivity contribution in [3.05, 3.63) is 35.4 Å². The molecule has 2 fully saturated rings. The first-order chi connectivity index (χ1) is 8.54. The summed E-state index contributed by atoms with van der Waals surface area (Å²) < 4.78 is 26.5. The predicted molar refractivity (Wildman–Crippen MR) is 68.6 cm³/mol. The molecule has 4 heteroatoms. The van der Waals surface area contributed by atoms with Gasteiger partial charge in [-0.05, 0) is 37.3 Å². The van der Waals surface area contributed by atoms with Crippen molar-refractivity contribution in [2.24, 2.45) is 0 Å². The summed E-state index contributed by atoms with van der Waals surface area (Å²) in [6.45, 7) is 0. The van der Waals surface area contributed by atoms with E-state index in [4.69, 9.17) is 0 Å². The van der Waals surface area contributed by atoms with Crippen LogP contribution in [0.25, 0.3) is 0 Å². The van der Waals surface area contributed by atoms with Crippen LogP contribution in [0.5, 0.6) is 0 Å². The lowest BCUT2D eigenvalue weighted by molar-refractivity contribution is 0.0234. The highest BCUT2D eigenvalue weighted by Crippen LogP contribution is 2.48. The first kappa shape index (κ1) is 12.4. The SMILES string of the molecule is OC1(Cc2ccc(F)cc2F)CC2CCC(C1)S2. The molecule has 1 nitrogen and oxygen atoms in total. The number of hydrogen-bond acceptors (Lipinski definition) is 2. The molecule has 1 aromatic carbocycles. The van der Waals surface area contributed by atoms with Crippen LogP contribution >= 0.6 is 11.8 Å². The van der Waals surface area contributed by atoms with E-state index >= 15 is 0 Å². The Morgan fingerprint density at radius 2 is 1.89 bits per heavy atom. The summed E-state index contributed by atoms with van der Waals surface area (Å²) in [5.41, 5.74) is -0.388. The van der Waals surface area contributed by atoms with Gasteiger partial charge in [-0.2, -0.15) is 11.8 Å². The first-order valence-corrected chi connectivity index (χ1v) is 7.30. The van der Waals surface area contributed by atoms with Gasteiger partial charge in [0.15, 0.2) is 0 Å². The lowest BCUT2D eigenvalue weighted by Crippen LogP contribution is -2.39. The Kier molecular flexibility index (Phi) is 3.10. The van der Waals surface area contributed by atoms with Crippen molar-refractivity contribution in [1.82, 2.24) is 0 Å². The van der Waals surface area contributed by atoms with E-state index in [0.717, 1.165) is 31.7 Å². The van der Waals surface area contributed by atoms with Crippen LogP contribution in [0.2, 0.25) is 0 Å². The van der Waals surface area contributed by atoms with Crippen molar-refractivity contribution >= 4 is 11.8 Å². The summed E-state index contributed by atoms with van der Waals surface area (Å²) in [7, 11) is 0. The van der Waals surface area contributed by atoms with Gasteiger partial charge in [-0.3, -0.25) is 0 Å². The maximum Gasteiger partial charge on any atom is 0.129 e. The number of benzene rings is 1. The largest absolute Gasteiger partial charge is 0.389 e. The van der Waals surface area contributed by atoms with E-state index in [1.165, 1.54) is 12.1 Å². The minimum absolute atomic E-state index is 0.298. The lowest BCUT2D eigenvalue weighted by atomic mass is 9.86. The molecule has 2 heterocycles. The summed E-state index contributed by atoms with van der Waals surface area (Å²) in [6.07, 6.45) is 4.07. The molecule has 2 aliphatic rings. The molecule has 2 saturated heterocycles. The molecule has 0 saturated carbocycles. The lowest BCUT2D eigenvalue weighted by Gasteiger charge is -2.36. The number of aliphatic hydroxyl groups is 1. The normalized spacial score (nSPS) is 34.8. The van der Waals surface area contributed by atoms with Gasteiger partial charge in [0.1, 0.15) is 11.6 Å². The van der Waals surface area contributed by atoms with Gasteiger partial charge >= 0.3 is 0 Å². The fraction of sp³-hybridized carbons (Fsp3) is 0.571. The molecule has 2 atom stereocenters. The average molecular weight is 270 g/mol. The third-order valence-corrected chi connectivity index (χ3v) is 5.52. The highest BCUT2D eigenvalue weighted by atomic mass is 32.2. The molecule has 18 heavy (non-hydrogen) atoms. The Labute approximate surface area is 110 Å². The second-order valence-corrected chi connectivity index (χ2v) is 7.11. The molecule has 2 aliphatic heterocycles. The van der Waals surface area contributed by atoms with Gasteiger partial charge < -0.3 is 5.11 Å². The monoisotopic (exact) mass is 270 g/mol. The minimum atomic E-state index is -0.810. The second-order valence-electron chi connectivity index (χ2n) is 5.50. The number of halogens is 2. The zero-order valence-corrected chi connectivity index (χ0v) is 10.9. The Morgan fingerprint density at radius 1 is 1.22 bits per heavy atom. The Hall–Kier alpha value is -0.610. The van der Waals surface area contributed by atoms with Crippen molar-refractivity contribution in [1.29, 1.82) is 0 Å². The van der Waals surface area contributed by atoms with Gasteiger partial charge in [0, 0.05) is 23.0 Å². The fourth-order valence-electron chi connectivity index (χ4n) is 3.18. The molecule has 1 N–H and O–H groups in total. The van der Waals surface area contributed by atoms with Crippen LogP contribution in [0, 0.1) is 11.6 Å². The van der Waals surface area contributed by atoms with Crippen molar-refractivity contribution in [2.75, 3.05) is 0 Å². The fourth-order valence-corrected chi connectivity index (χ4v) is 5.08. The van der Waals surface area contributed by atoms with Gasteiger partial charge in [-0.1, -0.05) is 6.07 Å². The van der Waals surface area contributed by atoms with Gasteiger partial charge in [-0.25, -0.2) is 8.78 Å². The molecule has 0 spiro atoms. The van der Waals surface area contributed by atoms with E-state index < -0.39 is 17.2 Å². The molecular formula is C14H16F2OS. The van der Waals surface area contributed by atoms with Crippen LogP contribution < -0.4 is 0 Å².